The first-order chi connectivity index (χ1) is 16.3. The topological polar surface area (TPSA) is 40.6 Å². The summed E-state index contributed by atoms with van der Waals surface area (Å²) < 4.78 is 0. The van der Waals surface area contributed by atoms with Crippen molar-refractivity contribution in [3.8, 4) is 0 Å². The van der Waals surface area contributed by atoms with Gasteiger partial charge in [-0.2, -0.15) is 0 Å². The van der Waals surface area contributed by atoms with E-state index in [0.29, 0.717) is 33.5 Å². The number of nitrogens with zero attached hydrogens (tertiary/aromatic N) is 2. The van der Waals surface area contributed by atoms with Crippen LogP contribution in [0.4, 0.5) is 0 Å². The molecule has 1 saturated heterocycles. The van der Waals surface area contributed by atoms with Gasteiger partial charge in [-0.05, 0) is 117 Å². The summed E-state index contributed by atoms with van der Waals surface area (Å²) in [5.41, 5.74) is 1.21. The maximum absolute atomic E-state index is 14.2. The molecule has 0 aromatic rings. The first-order valence-electron chi connectivity index (χ1n) is 14.9. The van der Waals surface area contributed by atoms with Crippen molar-refractivity contribution in [3.63, 3.8) is 0 Å². The normalized spacial score (nSPS) is 54.3. The average molecular weight is 481 g/mol. The zero-order valence-corrected chi connectivity index (χ0v) is 22.9. The highest BCUT2D eigenvalue weighted by atomic mass is 16.2. The number of hydrogen-bond donors (Lipinski definition) is 0. The lowest BCUT2D eigenvalue weighted by Gasteiger charge is -2.65. The van der Waals surface area contributed by atoms with Crippen molar-refractivity contribution in [1.29, 1.82) is 0 Å². The van der Waals surface area contributed by atoms with Gasteiger partial charge in [0.2, 0.25) is 11.8 Å². The lowest BCUT2D eigenvalue weighted by atomic mass is 9.40. The molecular weight excluding hydrogens is 432 g/mol. The molecule has 0 spiro atoms. The van der Waals surface area contributed by atoms with Crippen molar-refractivity contribution in [2.45, 2.75) is 111 Å². The Bertz CT molecular complexity index is 859. The average Bonchev–Trinajstić information content (AvgIpc) is 2.93. The second-order valence-corrected chi connectivity index (χ2v) is 16.8. The van der Waals surface area contributed by atoms with Crippen LogP contribution >= 0.6 is 0 Å². The van der Waals surface area contributed by atoms with Crippen LogP contribution in [0.1, 0.15) is 111 Å². The van der Waals surface area contributed by atoms with Crippen LogP contribution in [0.5, 0.6) is 0 Å². The van der Waals surface area contributed by atoms with Crippen molar-refractivity contribution in [1.82, 2.24) is 9.80 Å². The van der Waals surface area contributed by atoms with Crippen LogP contribution in [0.15, 0.2) is 0 Å². The molecule has 9 rings (SSSR count). The molecule has 4 atom stereocenters. The van der Waals surface area contributed by atoms with Crippen molar-refractivity contribution in [2.24, 2.45) is 44.3 Å². The molecule has 1 aliphatic heterocycles. The van der Waals surface area contributed by atoms with Crippen LogP contribution in [0.25, 0.3) is 0 Å². The van der Waals surface area contributed by atoms with E-state index in [4.69, 9.17) is 0 Å². The number of amides is 2. The molecule has 8 aliphatic carbocycles. The van der Waals surface area contributed by atoms with Gasteiger partial charge in [-0.1, -0.05) is 27.7 Å². The fraction of sp³-hybridized carbons (Fsp3) is 0.935. The Hall–Kier alpha value is -1.06. The van der Waals surface area contributed by atoms with Gasteiger partial charge in [-0.25, -0.2) is 0 Å². The van der Waals surface area contributed by atoms with Crippen LogP contribution < -0.4 is 0 Å². The molecule has 1 heterocycles. The van der Waals surface area contributed by atoms with Crippen molar-refractivity contribution in [2.75, 3.05) is 26.2 Å². The van der Waals surface area contributed by atoms with Gasteiger partial charge in [0.15, 0.2) is 0 Å². The molecule has 0 aromatic heterocycles. The lowest BCUT2D eigenvalue weighted by molar-refractivity contribution is -0.181. The number of rotatable bonds is 2. The van der Waals surface area contributed by atoms with Crippen LogP contribution in [-0.4, -0.2) is 47.8 Å². The van der Waals surface area contributed by atoms with E-state index in [9.17, 15) is 9.59 Å². The van der Waals surface area contributed by atoms with E-state index >= 15 is 0 Å². The van der Waals surface area contributed by atoms with E-state index in [1.807, 2.05) is 0 Å². The molecule has 9 fully saturated rings. The monoisotopic (exact) mass is 480 g/mol. The van der Waals surface area contributed by atoms with Crippen LogP contribution in [-0.2, 0) is 9.59 Å². The number of carbonyl (C=O) groups is 2. The first kappa shape index (κ1) is 23.1. The minimum Gasteiger partial charge on any atom is -0.340 e. The molecule has 4 heteroatoms. The Kier molecular flexibility index (Phi) is 4.53. The fourth-order valence-electron chi connectivity index (χ4n) is 13.4. The molecule has 4 nitrogen and oxygen atoms in total. The summed E-state index contributed by atoms with van der Waals surface area (Å²) in [5, 5.41) is 0. The summed E-state index contributed by atoms with van der Waals surface area (Å²) in [6, 6.07) is 0. The summed E-state index contributed by atoms with van der Waals surface area (Å²) in [7, 11) is 0. The largest absolute Gasteiger partial charge is 0.340 e. The highest BCUT2D eigenvalue weighted by molar-refractivity contribution is 5.85. The van der Waals surface area contributed by atoms with Gasteiger partial charge in [0.05, 0.1) is 10.8 Å². The van der Waals surface area contributed by atoms with Crippen molar-refractivity contribution in [3.05, 3.63) is 0 Å². The molecule has 8 bridgehead atoms. The highest BCUT2D eigenvalue weighted by Crippen LogP contribution is 2.71. The van der Waals surface area contributed by atoms with Gasteiger partial charge < -0.3 is 9.80 Å². The highest BCUT2D eigenvalue weighted by Gasteiger charge is 2.65. The fourth-order valence-corrected chi connectivity index (χ4v) is 13.4. The van der Waals surface area contributed by atoms with E-state index in [-0.39, 0.29) is 10.8 Å². The molecule has 0 aromatic carbocycles. The van der Waals surface area contributed by atoms with Crippen LogP contribution in [0, 0.1) is 44.3 Å². The van der Waals surface area contributed by atoms with E-state index in [2.05, 4.69) is 37.5 Å². The Morgan fingerprint density at radius 3 is 1.17 bits per heavy atom. The summed E-state index contributed by atoms with van der Waals surface area (Å²) in [4.78, 5) is 32.8. The molecule has 0 radical (unpaired) electrons. The van der Waals surface area contributed by atoms with Gasteiger partial charge in [-0.3, -0.25) is 9.59 Å². The zero-order valence-electron chi connectivity index (χ0n) is 22.9. The third-order valence-corrected chi connectivity index (χ3v) is 12.2. The smallest absolute Gasteiger partial charge is 0.228 e. The SMILES string of the molecule is CC12CC3CC(C)(C1)CC(C(=O)N1CCCN(C(=O)C45CC6CC(C)(CC(C)(C6)C4)C5)CC1)(C3)C2. The third-order valence-electron chi connectivity index (χ3n) is 12.2. The number of hydrogen-bond acceptors (Lipinski definition) is 2. The molecular formula is C31H48N2O2. The molecule has 0 N–H and O–H groups in total. The number of carbonyl (C=O) groups excluding carboxylic acids is 2. The standard InChI is InChI=1S/C31H48N2O2/c1-26-10-22-11-27(2,16-26)19-30(14-22,18-26)24(34)32-6-5-7-33(9-8-32)25(35)31-15-23-12-28(3,20-31)17-29(4,13-23)21-31/h22-23H,5-21H2,1-4H3. The second-order valence-electron chi connectivity index (χ2n) is 16.8. The van der Waals surface area contributed by atoms with Gasteiger partial charge in [0.1, 0.15) is 0 Å². The molecule has 4 unspecified atom stereocenters. The first-order valence-corrected chi connectivity index (χ1v) is 14.9. The summed E-state index contributed by atoms with van der Waals surface area (Å²) in [6.45, 7) is 13.0. The van der Waals surface area contributed by atoms with E-state index in [1.165, 1.54) is 38.5 Å². The second kappa shape index (κ2) is 6.87. The van der Waals surface area contributed by atoms with Crippen LogP contribution in [0.2, 0.25) is 0 Å². The molecule has 9 aliphatic rings. The van der Waals surface area contributed by atoms with Crippen LogP contribution in [0.3, 0.4) is 0 Å². The lowest BCUT2D eigenvalue weighted by Crippen LogP contribution is -2.61. The predicted molar refractivity (Wildman–Crippen MR) is 137 cm³/mol. The molecule has 194 valence electrons. The predicted octanol–water partition coefficient (Wildman–Crippen LogP) is 6.04. The van der Waals surface area contributed by atoms with Gasteiger partial charge >= 0.3 is 0 Å². The minimum absolute atomic E-state index is 0.120. The maximum Gasteiger partial charge on any atom is 0.228 e. The van der Waals surface area contributed by atoms with Gasteiger partial charge in [0.25, 0.3) is 0 Å². The maximum atomic E-state index is 14.2. The Labute approximate surface area is 212 Å². The summed E-state index contributed by atoms with van der Waals surface area (Å²) in [6.07, 6.45) is 15.6. The van der Waals surface area contributed by atoms with Gasteiger partial charge in [0, 0.05) is 26.2 Å². The van der Waals surface area contributed by atoms with E-state index < -0.39 is 0 Å². The van der Waals surface area contributed by atoms with Crippen molar-refractivity contribution < 1.29 is 9.59 Å². The molecule has 2 amide bonds. The zero-order chi connectivity index (χ0) is 24.5. The quantitative estimate of drug-likeness (QED) is 0.483. The molecule has 35 heavy (non-hydrogen) atoms. The van der Waals surface area contributed by atoms with Gasteiger partial charge in [-0.15, -0.1) is 0 Å². The summed E-state index contributed by atoms with van der Waals surface area (Å²) in [5.74, 6) is 2.38. The molecule has 8 saturated carbocycles. The minimum atomic E-state index is -0.120. The van der Waals surface area contributed by atoms with E-state index in [0.717, 1.165) is 83.0 Å². The Morgan fingerprint density at radius 1 is 0.514 bits per heavy atom. The third kappa shape index (κ3) is 3.43. The summed E-state index contributed by atoms with van der Waals surface area (Å²) >= 11 is 0. The van der Waals surface area contributed by atoms with E-state index in [1.54, 1.807) is 0 Å². The Morgan fingerprint density at radius 2 is 0.857 bits per heavy atom. The Balaban J connectivity index is 1.08. The van der Waals surface area contributed by atoms with Crippen molar-refractivity contribution >= 4 is 11.8 Å².